The molecule has 0 aromatic heterocycles. The van der Waals surface area contributed by atoms with Crippen molar-refractivity contribution in [3.8, 4) is 0 Å². The highest BCUT2D eigenvalue weighted by atomic mass is 32.2. The predicted octanol–water partition coefficient (Wildman–Crippen LogP) is 4.61. The fourth-order valence-electron chi connectivity index (χ4n) is 3.76. The van der Waals surface area contributed by atoms with Gasteiger partial charge in [0.05, 0.1) is 25.4 Å². The van der Waals surface area contributed by atoms with E-state index >= 15 is 0 Å². The van der Waals surface area contributed by atoms with E-state index in [2.05, 4.69) is 11.8 Å². The van der Waals surface area contributed by atoms with E-state index in [0.717, 1.165) is 34.2 Å². The van der Waals surface area contributed by atoms with E-state index < -0.39 is 0 Å². The van der Waals surface area contributed by atoms with Gasteiger partial charge in [0.15, 0.2) is 0 Å². The lowest BCUT2D eigenvalue weighted by Gasteiger charge is -2.33. The molecular weight excluding hydrogens is 344 g/mol. The van der Waals surface area contributed by atoms with Gasteiger partial charge in [-0.05, 0) is 51.4 Å². The van der Waals surface area contributed by atoms with Crippen molar-refractivity contribution in [1.29, 1.82) is 0 Å². The second kappa shape index (κ2) is 8.57. The van der Waals surface area contributed by atoms with Crippen LogP contribution in [0.4, 0.5) is 0 Å². The Labute approximate surface area is 154 Å². The van der Waals surface area contributed by atoms with Crippen molar-refractivity contribution < 1.29 is 9.47 Å². The van der Waals surface area contributed by atoms with Gasteiger partial charge in [0.1, 0.15) is 0 Å². The Morgan fingerprint density at radius 1 is 0.652 bits per heavy atom. The summed E-state index contributed by atoms with van der Waals surface area (Å²) in [7, 11) is 0. The van der Waals surface area contributed by atoms with Crippen LogP contribution < -0.4 is 0 Å². The molecule has 4 fully saturated rings. The Balaban J connectivity index is 1.08. The summed E-state index contributed by atoms with van der Waals surface area (Å²) >= 11 is 6.40. The number of hydrogen-bond acceptors (Lipinski definition) is 5. The minimum Gasteiger partial charge on any atom is -0.377 e. The summed E-state index contributed by atoms with van der Waals surface area (Å²) in [6, 6.07) is 0. The van der Waals surface area contributed by atoms with Crippen LogP contribution in [0, 0.1) is 0 Å². The Kier molecular flexibility index (Phi) is 6.48. The zero-order chi connectivity index (χ0) is 15.5. The number of thioether (sulfide) groups is 3. The molecule has 2 saturated carbocycles. The van der Waals surface area contributed by atoms with E-state index in [1.165, 1.54) is 62.9 Å². The predicted molar refractivity (Wildman–Crippen MR) is 104 cm³/mol. The summed E-state index contributed by atoms with van der Waals surface area (Å²) in [5.41, 5.74) is 0. The van der Waals surface area contributed by atoms with Gasteiger partial charge in [0.2, 0.25) is 0 Å². The van der Waals surface area contributed by atoms with E-state index in [0.29, 0.717) is 12.2 Å². The molecule has 132 valence electrons. The quantitative estimate of drug-likeness (QED) is 0.576. The van der Waals surface area contributed by atoms with Gasteiger partial charge in [0, 0.05) is 32.5 Å². The van der Waals surface area contributed by atoms with Crippen LogP contribution in [0.5, 0.6) is 0 Å². The van der Waals surface area contributed by atoms with Crippen LogP contribution in [-0.2, 0) is 9.47 Å². The van der Waals surface area contributed by atoms with Crippen LogP contribution in [0.3, 0.4) is 0 Å². The molecule has 0 radical (unpaired) electrons. The molecule has 0 bridgehead atoms. The average Bonchev–Trinajstić information content (AvgIpc) is 3.48. The summed E-state index contributed by atoms with van der Waals surface area (Å²) in [6.45, 7) is 2.02. The summed E-state index contributed by atoms with van der Waals surface area (Å²) in [6.07, 6.45) is 11.8. The molecule has 0 aromatic carbocycles. The van der Waals surface area contributed by atoms with Crippen molar-refractivity contribution in [2.45, 2.75) is 84.6 Å². The SMILES string of the molecule is C1CC(SC2CCC(OCC3CS3)CC2)CCC1OCC1CS1. The van der Waals surface area contributed by atoms with E-state index in [-0.39, 0.29) is 0 Å². The molecule has 0 amide bonds. The van der Waals surface area contributed by atoms with Crippen LogP contribution in [0.2, 0.25) is 0 Å². The topological polar surface area (TPSA) is 18.5 Å². The molecule has 2 aliphatic heterocycles. The van der Waals surface area contributed by atoms with Gasteiger partial charge in [-0.15, -0.1) is 0 Å². The van der Waals surface area contributed by atoms with Crippen molar-refractivity contribution >= 4 is 35.3 Å². The highest BCUT2D eigenvalue weighted by Gasteiger charge is 2.30. The summed E-state index contributed by atoms with van der Waals surface area (Å²) in [4.78, 5) is 0. The molecule has 0 aromatic rings. The minimum atomic E-state index is 0.567. The maximum atomic E-state index is 6.06. The first-order chi connectivity index (χ1) is 11.3. The highest BCUT2D eigenvalue weighted by molar-refractivity contribution is 8.07. The maximum Gasteiger partial charge on any atom is 0.0596 e. The molecule has 4 aliphatic rings. The van der Waals surface area contributed by atoms with Crippen molar-refractivity contribution in [3.05, 3.63) is 0 Å². The molecule has 0 N–H and O–H groups in total. The smallest absolute Gasteiger partial charge is 0.0596 e. The lowest BCUT2D eigenvalue weighted by molar-refractivity contribution is 0.0330. The fourth-order valence-corrected chi connectivity index (χ4v) is 6.20. The van der Waals surface area contributed by atoms with Crippen LogP contribution in [0.1, 0.15) is 51.4 Å². The first kappa shape index (κ1) is 17.4. The van der Waals surface area contributed by atoms with Gasteiger partial charge >= 0.3 is 0 Å². The van der Waals surface area contributed by atoms with Crippen LogP contribution in [0.15, 0.2) is 0 Å². The first-order valence-corrected chi connectivity index (χ1v) is 12.5. The molecule has 4 rings (SSSR count). The molecule has 2 aliphatic carbocycles. The standard InChI is InChI=1S/C18H30O2S3/c1-5-15(6-2-13(1)19-9-17-11-21-17)23-16-7-3-14(4-8-16)20-10-18-12-22-18/h13-18H,1-12H2. The van der Waals surface area contributed by atoms with Crippen molar-refractivity contribution in [1.82, 2.24) is 0 Å². The Morgan fingerprint density at radius 2 is 1.04 bits per heavy atom. The lowest BCUT2D eigenvalue weighted by Crippen LogP contribution is -2.28. The third-order valence-corrected chi connectivity index (χ3v) is 9.06. The van der Waals surface area contributed by atoms with E-state index in [9.17, 15) is 0 Å². The van der Waals surface area contributed by atoms with Crippen molar-refractivity contribution in [2.75, 3.05) is 24.7 Å². The van der Waals surface area contributed by atoms with E-state index in [4.69, 9.17) is 9.47 Å². The van der Waals surface area contributed by atoms with Crippen LogP contribution in [-0.4, -0.2) is 57.9 Å². The Bertz CT molecular complexity index is 323. The molecule has 0 spiro atoms. The third-order valence-electron chi connectivity index (χ3n) is 5.47. The number of hydrogen-bond donors (Lipinski definition) is 0. The van der Waals surface area contributed by atoms with Gasteiger partial charge in [-0.2, -0.15) is 35.3 Å². The van der Waals surface area contributed by atoms with Crippen molar-refractivity contribution in [2.24, 2.45) is 0 Å². The maximum absolute atomic E-state index is 6.06. The summed E-state index contributed by atoms with van der Waals surface area (Å²) < 4.78 is 12.1. The third kappa shape index (κ3) is 6.02. The average molecular weight is 375 g/mol. The molecule has 2 atom stereocenters. The van der Waals surface area contributed by atoms with Gasteiger partial charge in [0.25, 0.3) is 0 Å². The minimum absolute atomic E-state index is 0.567. The molecule has 2 nitrogen and oxygen atoms in total. The van der Waals surface area contributed by atoms with Crippen LogP contribution >= 0.6 is 35.3 Å². The van der Waals surface area contributed by atoms with Crippen molar-refractivity contribution in [3.63, 3.8) is 0 Å². The Hall–Kier alpha value is 0.970. The highest BCUT2D eigenvalue weighted by Crippen LogP contribution is 2.39. The van der Waals surface area contributed by atoms with Gasteiger partial charge < -0.3 is 9.47 Å². The molecule has 2 heterocycles. The fraction of sp³-hybridized carbons (Fsp3) is 1.00. The zero-order valence-corrected chi connectivity index (χ0v) is 16.4. The van der Waals surface area contributed by atoms with Gasteiger partial charge in [-0.3, -0.25) is 0 Å². The number of rotatable bonds is 8. The monoisotopic (exact) mass is 374 g/mol. The summed E-state index contributed by atoms with van der Waals surface area (Å²) in [5.74, 6) is 2.66. The Morgan fingerprint density at radius 3 is 1.39 bits per heavy atom. The second-order valence-electron chi connectivity index (χ2n) is 7.51. The normalized spacial score (nSPS) is 43.3. The first-order valence-electron chi connectivity index (χ1n) is 9.47. The molecule has 2 unspecified atom stereocenters. The summed E-state index contributed by atoms with van der Waals surface area (Å²) in [5, 5.41) is 3.46. The molecular formula is C18H30O2S3. The molecule has 2 saturated heterocycles. The van der Waals surface area contributed by atoms with Gasteiger partial charge in [-0.1, -0.05) is 0 Å². The zero-order valence-electron chi connectivity index (χ0n) is 14.0. The van der Waals surface area contributed by atoms with E-state index in [1.54, 1.807) is 0 Å². The largest absolute Gasteiger partial charge is 0.377 e. The molecule has 23 heavy (non-hydrogen) atoms. The lowest BCUT2D eigenvalue weighted by atomic mass is 9.96. The second-order valence-corrected chi connectivity index (χ2v) is 11.8. The van der Waals surface area contributed by atoms with Gasteiger partial charge in [-0.25, -0.2) is 0 Å². The number of ether oxygens (including phenoxy) is 2. The van der Waals surface area contributed by atoms with Crippen LogP contribution in [0.25, 0.3) is 0 Å². The van der Waals surface area contributed by atoms with E-state index in [1.807, 2.05) is 23.5 Å². The molecule has 5 heteroatoms.